The number of thiophene rings is 1. The van der Waals surface area contributed by atoms with E-state index in [1.807, 2.05) is 6.92 Å². The Morgan fingerprint density at radius 2 is 2.21 bits per heavy atom. The molecule has 1 saturated heterocycles. The van der Waals surface area contributed by atoms with Gasteiger partial charge in [-0.2, -0.15) is 4.31 Å². The lowest BCUT2D eigenvalue weighted by Gasteiger charge is -2.30. The van der Waals surface area contributed by atoms with E-state index in [0.29, 0.717) is 48.5 Å². The molecular formula is C19H20BrN3O4S2. The fourth-order valence-corrected chi connectivity index (χ4v) is 7.07. The molecule has 154 valence electrons. The maximum Gasteiger partial charge on any atom is 0.252 e. The summed E-state index contributed by atoms with van der Waals surface area (Å²) < 4.78 is 33.8. The van der Waals surface area contributed by atoms with Crippen LogP contribution in [-0.2, 0) is 21.2 Å². The third-order valence-electron chi connectivity index (χ3n) is 4.90. The molecule has 1 atom stereocenters. The number of amides is 1. The Balaban J connectivity index is 1.47. The van der Waals surface area contributed by atoms with Gasteiger partial charge in [-0.25, -0.2) is 13.4 Å². The van der Waals surface area contributed by atoms with Gasteiger partial charge in [0.25, 0.3) is 10.0 Å². The molecule has 2 aromatic heterocycles. The number of rotatable bonds is 5. The molecule has 1 aliphatic heterocycles. The van der Waals surface area contributed by atoms with Crippen molar-refractivity contribution in [3.8, 4) is 0 Å². The lowest BCUT2D eigenvalue weighted by atomic mass is 9.98. The Morgan fingerprint density at radius 1 is 1.38 bits per heavy atom. The number of piperidine rings is 1. The summed E-state index contributed by atoms with van der Waals surface area (Å²) in [5.74, 6) is 0.0637. The van der Waals surface area contributed by atoms with Crippen LogP contribution < -0.4 is 5.32 Å². The minimum absolute atomic E-state index is 0.176. The van der Waals surface area contributed by atoms with Crippen LogP contribution in [0.1, 0.15) is 25.7 Å². The van der Waals surface area contributed by atoms with Gasteiger partial charge in [0.2, 0.25) is 5.91 Å². The zero-order valence-corrected chi connectivity index (χ0v) is 18.9. The van der Waals surface area contributed by atoms with E-state index in [1.54, 1.807) is 30.3 Å². The fourth-order valence-electron chi connectivity index (χ4n) is 3.39. The molecular weight excluding hydrogens is 478 g/mol. The molecule has 0 spiro atoms. The highest BCUT2D eigenvalue weighted by Gasteiger charge is 2.34. The average Bonchev–Trinajstić information content (AvgIpc) is 3.34. The summed E-state index contributed by atoms with van der Waals surface area (Å²) in [4.78, 5) is 17.2. The predicted molar refractivity (Wildman–Crippen MR) is 116 cm³/mol. The van der Waals surface area contributed by atoms with Crippen LogP contribution in [0.2, 0.25) is 0 Å². The number of nitrogens with zero attached hydrogens (tertiary/aromatic N) is 2. The number of aromatic nitrogens is 1. The van der Waals surface area contributed by atoms with Crippen molar-refractivity contribution in [2.45, 2.75) is 30.4 Å². The Morgan fingerprint density at radius 3 is 2.93 bits per heavy atom. The smallest absolute Gasteiger partial charge is 0.252 e. The number of sulfonamides is 1. The molecule has 1 aliphatic rings. The van der Waals surface area contributed by atoms with Crippen molar-refractivity contribution < 1.29 is 17.6 Å². The molecule has 1 aromatic carbocycles. The van der Waals surface area contributed by atoms with Gasteiger partial charge in [-0.15, -0.1) is 11.3 Å². The van der Waals surface area contributed by atoms with E-state index in [4.69, 9.17) is 4.42 Å². The Bertz CT molecular complexity index is 1160. The van der Waals surface area contributed by atoms with Crippen LogP contribution in [0.4, 0.5) is 5.69 Å². The van der Waals surface area contributed by atoms with Crippen LogP contribution in [0.5, 0.6) is 0 Å². The molecule has 0 aliphatic carbocycles. The molecule has 0 radical (unpaired) electrons. The van der Waals surface area contributed by atoms with Crippen LogP contribution in [0.25, 0.3) is 11.1 Å². The fraction of sp³-hybridized carbons (Fsp3) is 0.368. The van der Waals surface area contributed by atoms with Crippen LogP contribution in [0.3, 0.4) is 0 Å². The van der Waals surface area contributed by atoms with Crippen molar-refractivity contribution in [2.75, 3.05) is 18.4 Å². The molecule has 3 heterocycles. The number of aryl methyl sites for hydroxylation is 1. The van der Waals surface area contributed by atoms with E-state index in [2.05, 4.69) is 26.2 Å². The quantitative estimate of drug-likeness (QED) is 0.568. The van der Waals surface area contributed by atoms with Crippen molar-refractivity contribution in [2.24, 2.45) is 5.92 Å². The highest BCUT2D eigenvalue weighted by molar-refractivity contribution is 9.11. The standard InChI is InChI=1S/C19H20BrN3O4S2/c1-2-17-22-14-10-13(5-6-15(14)27-17)21-19(24)12-4-3-9-23(11-12)29(25,26)18-8-7-16(20)28-18/h5-8,10,12H,2-4,9,11H2,1H3,(H,21,24). The lowest BCUT2D eigenvalue weighted by molar-refractivity contribution is -0.120. The summed E-state index contributed by atoms with van der Waals surface area (Å²) in [6.07, 6.45) is 1.99. The van der Waals surface area contributed by atoms with Gasteiger partial charge < -0.3 is 9.73 Å². The number of benzene rings is 1. The van der Waals surface area contributed by atoms with E-state index < -0.39 is 15.9 Å². The number of nitrogens with one attached hydrogen (secondary N) is 1. The number of fused-ring (bicyclic) bond motifs is 1. The third kappa shape index (κ3) is 4.25. The first-order valence-electron chi connectivity index (χ1n) is 9.32. The van der Waals surface area contributed by atoms with Crippen molar-refractivity contribution in [3.05, 3.63) is 40.0 Å². The summed E-state index contributed by atoms with van der Waals surface area (Å²) in [6.45, 7) is 2.56. The first kappa shape index (κ1) is 20.5. The number of carbonyl (C=O) groups excluding carboxylic acids is 1. The highest BCUT2D eigenvalue weighted by atomic mass is 79.9. The van der Waals surface area contributed by atoms with Crippen molar-refractivity contribution in [3.63, 3.8) is 0 Å². The van der Waals surface area contributed by atoms with Gasteiger partial charge in [-0.1, -0.05) is 6.92 Å². The molecule has 10 heteroatoms. The van der Waals surface area contributed by atoms with Crippen molar-refractivity contribution >= 4 is 60.0 Å². The van der Waals surface area contributed by atoms with Crippen molar-refractivity contribution in [1.29, 1.82) is 0 Å². The number of anilines is 1. The van der Waals surface area contributed by atoms with Gasteiger partial charge in [0.1, 0.15) is 9.73 Å². The monoisotopic (exact) mass is 497 g/mol. The summed E-state index contributed by atoms with van der Waals surface area (Å²) >= 11 is 4.48. The Labute approximate surface area is 181 Å². The SMILES string of the molecule is CCc1nc2cc(NC(=O)C3CCCN(S(=O)(=O)c4ccc(Br)s4)C3)ccc2o1. The molecule has 1 unspecified atom stereocenters. The summed E-state index contributed by atoms with van der Waals surface area (Å²) in [6, 6.07) is 8.63. The second kappa shape index (κ2) is 8.17. The largest absolute Gasteiger partial charge is 0.441 e. The van der Waals surface area contributed by atoms with Gasteiger partial charge >= 0.3 is 0 Å². The topological polar surface area (TPSA) is 92.5 Å². The molecule has 7 nitrogen and oxygen atoms in total. The van der Waals surface area contributed by atoms with E-state index in [1.165, 1.54) is 15.6 Å². The van der Waals surface area contributed by atoms with Crippen LogP contribution in [-0.4, -0.2) is 36.7 Å². The Kier molecular flexibility index (Phi) is 5.78. The van der Waals surface area contributed by atoms with Crippen LogP contribution >= 0.6 is 27.3 Å². The maximum absolute atomic E-state index is 12.9. The molecule has 4 rings (SSSR count). The second-order valence-electron chi connectivity index (χ2n) is 6.89. The molecule has 0 saturated carbocycles. The van der Waals surface area contributed by atoms with E-state index in [-0.39, 0.29) is 16.7 Å². The van der Waals surface area contributed by atoms with E-state index in [0.717, 1.165) is 3.79 Å². The third-order valence-corrected chi connectivity index (χ3v) is 8.86. The normalized spacial score (nSPS) is 18.2. The minimum atomic E-state index is -3.59. The molecule has 1 fully saturated rings. The van der Waals surface area contributed by atoms with Crippen molar-refractivity contribution in [1.82, 2.24) is 9.29 Å². The zero-order chi connectivity index (χ0) is 20.6. The molecule has 3 aromatic rings. The molecule has 1 amide bonds. The molecule has 29 heavy (non-hydrogen) atoms. The van der Waals surface area contributed by atoms with Crippen LogP contribution in [0, 0.1) is 5.92 Å². The summed E-state index contributed by atoms with van der Waals surface area (Å²) in [5.41, 5.74) is 1.99. The van der Waals surface area contributed by atoms with Gasteiger partial charge in [0.15, 0.2) is 11.5 Å². The van der Waals surface area contributed by atoms with Gasteiger partial charge in [-0.05, 0) is 59.1 Å². The maximum atomic E-state index is 12.9. The number of hydrogen-bond donors (Lipinski definition) is 1. The zero-order valence-electron chi connectivity index (χ0n) is 15.7. The first-order chi connectivity index (χ1) is 13.9. The predicted octanol–water partition coefficient (Wildman–Crippen LogP) is 4.25. The average molecular weight is 498 g/mol. The number of hydrogen-bond acceptors (Lipinski definition) is 6. The van der Waals surface area contributed by atoms with Gasteiger partial charge in [-0.3, -0.25) is 4.79 Å². The minimum Gasteiger partial charge on any atom is -0.441 e. The lowest BCUT2D eigenvalue weighted by Crippen LogP contribution is -2.43. The number of halogens is 1. The second-order valence-corrected chi connectivity index (χ2v) is 11.5. The molecule has 1 N–H and O–H groups in total. The number of oxazole rings is 1. The summed E-state index contributed by atoms with van der Waals surface area (Å²) in [7, 11) is -3.59. The Hall–Kier alpha value is -1.75. The van der Waals surface area contributed by atoms with E-state index >= 15 is 0 Å². The molecule has 0 bridgehead atoms. The first-order valence-corrected chi connectivity index (χ1v) is 12.4. The van der Waals surface area contributed by atoms with Crippen LogP contribution in [0.15, 0.2) is 42.7 Å². The van der Waals surface area contributed by atoms with Gasteiger partial charge in [0, 0.05) is 25.2 Å². The highest BCUT2D eigenvalue weighted by Crippen LogP contribution is 2.31. The number of carbonyl (C=O) groups is 1. The van der Waals surface area contributed by atoms with Gasteiger partial charge in [0.05, 0.1) is 9.70 Å². The summed E-state index contributed by atoms with van der Waals surface area (Å²) in [5, 5.41) is 2.90. The van der Waals surface area contributed by atoms with E-state index in [9.17, 15) is 13.2 Å².